The summed E-state index contributed by atoms with van der Waals surface area (Å²) >= 11 is 0. The number of alkyl halides is 1. The number of hydrogen-bond acceptors (Lipinski definition) is 4. The lowest BCUT2D eigenvalue weighted by molar-refractivity contribution is -0.0116. The zero-order chi connectivity index (χ0) is 9.68. The molecule has 74 valence electrons. The second-order valence-electron chi connectivity index (χ2n) is 3.02. The van der Waals surface area contributed by atoms with Crippen molar-refractivity contribution >= 4 is 0 Å². The number of nitriles is 1. The molecule has 1 aliphatic heterocycles. The predicted molar refractivity (Wildman–Crippen MR) is 43.8 cm³/mol. The first-order valence-corrected chi connectivity index (χ1v) is 4.23. The van der Waals surface area contributed by atoms with Crippen LogP contribution in [0, 0.1) is 11.3 Å². The SMILES string of the molecule is N#CC1COCCN1CC(O)CF. The van der Waals surface area contributed by atoms with Crippen LogP contribution in [0.1, 0.15) is 0 Å². The fourth-order valence-corrected chi connectivity index (χ4v) is 1.29. The molecule has 0 aliphatic carbocycles. The topological polar surface area (TPSA) is 56.5 Å². The van der Waals surface area contributed by atoms with Gasteiger partial charge in [-0.1, -0.05) is 0 Å². The summed E-state index contributed by atoms with van der Waals surface area (Å²) in [5.41, 5.74) is 0. The zero-order valence-electron chi connectivity index (χ0n) is 7.32. The zero-order valence-corrected chi connectivity index (χ0v) is 7.32. The van der Waals surface area contributed by atoms with Gasteiger partial charge in [0.05, 0.1) is 25.4 Å². The van der Waals surface area contributed by atoms with Crippen molar-refractivity contribution in [3.05, 3.63) is 0 Å². The van der Waals surface area contributed by atoms with Gasteiger partial charge in [0.1, 0.15) is 12.7 Å². The highest BCUT2D eigenvalue weighted by molar-refractivity contribution is 4.94. The van der Waals surface area contributed by atoms with E-state index in [1.165, 1.54) is 0 Å². The van der Waals surface area contributed by atoms with Crippen LogP contribution >= 0.6 is 0 Å². The second-order valence-corrected chi connectivity index (χ2v) is 3.02. The van der Waals surface area contributed by atoms with Crippen molar-refractivity contribution in [3.8, 4) is 6.07 Å². The van der Waals surface area contributed by atoms with E-state index in [9.17, 15) is 4.39 Å². The molecule has 2 unspecified atom stereocenters. The van der Waals surface area contributed by atoms with Gasteiger partial charge in [0.15, 0.2) is 0 Å². The molecule has 2 atom stereocenters. The normalized spacial score (nSPS) is 26.7. The first-order chi connectivity index (χ1) is 6.27. The van der Waals surface area contributed by atoms with E-state index in [0.29, 0.717) is 19.8 Å². The summed E-state index contributed by atoms with van der Waals surface area (Å²) in [7, 11) is 0. The van der Waals surface area contributed by atoms with Crippen LogP contribution in [-0.2, 0) is 4.74 Å². The number of ether oxygens (including phenoxy) is 1. The molecule has 4 nitrogen and oxygen atoms in total. The Kier molecular flexibility index (Phi) is 4.09. The van der Waals surface area contributed by atoms with Crippen molar-refractivity contribution < 1.29 is 14.2 Å². The number of aliphatic hydroxyl groups is 1. The van der Waals surface area contributed by atoms with Gasteiger partial charge in [-0.25, -0.2) is 4.39 Å². The van der Waals surface area contributed by atoms with Crippen LogP contribution in [0.25, 0.3) is 0 Å². The van der Waals surface area contributed by atoms with Gasteiger partial charge < -0.3 is 9.84 Å². The molecular weight excluding hydrogens is 175 g/mol. The van der Waals surface area contributed by atoms with Crippen LogP contribution in [0.3, 0.4) is 0 Å². The number of aliphatic hydroxyl groups excluding tert-OH is 1. The molecule has 13 heavy (non-hydrogen) atoms. The molecule has 0 saturated carbocycles. The molecule has 0 spiro atoms. The standard InChI is InChI=1S/C8H13FN2O2/c9-3-8(12)5-11-1-2-13-6-7(11)4-10/h7-8,12H,1-3,5-6H2. The number of halogens is 1. The van der Waals surface area contributed by atoms with Crippen molar-refractivity contribution in [1.82, 2.24) is 4.90 Å². The summed E-state index contributed by atoms with van der Waals surface area (Å²) < 4.78 is 17.1. The second kappa shape index (κ2) is 5.12. The summed E-state index contributed by atoms with van der Waals surface area (Å²) in [5.74, 6) is 0. The molecule has 1 saturated heterocycles. The van der Waals surface area contributed by atoms with Crippen molar-refractivity contribution in [3.63, 3.8) is 0 Å². The highest BCUT2D eigenvalue weighted by atomic mass is 19.1. The molecule has 0 amide bonds. The number of morpholine rings is 1. The minimum absolute atomic E-state index is 0.206. The Morgan fingerprint density at radius 1 is 1.77 bits per heavy atom. The van der Waals surface area contributed by atoms with Gasteiger partial charge >= 0.3 is 0 Å². The average molecular weight is 188 g/mol. The summed E-state index contributed by atoms with van der Waals surface area (Å²) in [4.78, 5) is 1.74. The highest BCUT2D eigenvalue weighted by Crippen LogP contribution is 2.06. The van der Waals surface area contributed by atoms with Gasteiger partial charge in [-0.2, -0.15) is 5.26 Å². The minimum Gasteiger partial charge on any atom is -0.389 e. The van der Waals surface area contributed by atoms with Gasteiger partial charge in [-0.3, -0.25) is 4.90 Å². The molecule has 0 aromatic carbocycles. The average Bonchev–Trinajstić information content (AvgIpc) is 2.18. The monoisotopic (exact) mass is 188 g/mol. The van der Waals surface area contributed by atoms with E-state index < -0.39 is 12.8 Å². The van der Waals surface area contributed by atoms with Gasteiger partial charge in [0, 0.05) is 13.1 Å². The maximum Gasteiger partial charge on any atom is 0.122 e. The molecule has 0 aromatic rings. The first-order valence-electron chi connectivity index (χ1n) is 4.23. The Labute approximate surface area is 76.5 Å². The Hall–Kier alpha value is -0.700. The largest absolute Gasteiger partial charge is 0.389 e. The molecule has 1 fully saturated rings. The first kappa shape index (κ1) is 10.4. The summed E-state index contributed by atoms with van der Waals surface area (Å²) in [6.45, 7) is 0.898. The third-order valence-electron chi connectivity index (χ3n) is 2.01. The van der Waals surface area contributed by atoms with Crippen LogP contribution in [0.5, 0.6) is 0 Å². The van der Waals surface area contributed by atoms with Gasteiger partial charge in [-0.05, 0) is 0 Å². The number of nitrogens with zero attached hydrogens (tertiary/aromatic N) is 2. The summed E-state index contributed by atoms with van der Waals surface area (Å²) in [6.07, 6.45) is -0.992. The van der Waals surface area contributed by atoms with Crippen LogP contribution in [0.4, 0.5) is 4.39 Å². The van der Waals surface area contributed by atoms with E-state index in [2.05, 4.69) is 6.07 Å². The van der Waals surface area contributed by atoms with E-state index >= 15 is 0 Å². The molecule has 5 heteroatoms. The van der Waals surface area contributed by atoms with E-state index in [-0.39, 0.29) is 12.6 Å². The van der Waals surface area contributed by atoms with E-state index in [4.69, 9.17) is 15.1 Å². The molecule has 0 radical (unpaired) electrons. The smallest absolute Gasteiger partial charge is 0.122 e. The summed E-state index contributed by atoms with van der Waals surface area (Å²) in [6, 6.07) is 1.70. The predicted octanol–water partition coefficient (Wildman–Crippen LogP) is -0.459. The van der Waals surface area contributed by atoms with Crippen molar-refractivity contribution in [2.45, 2.75) is 12.1 Å². The molecule has 1 rings (SSSR count). The fourth-order valence-electron chi connectivity index (χ4n) is 1.29. The third-order valence-corrected chi connectivity index (χ3v) is 2.01. The Morgan fingerprint density at radius 2 is 2.54 bits per heavy atom. The Bertz CT molecular complexity index is 195. The number of rotatable bonds is 3. The lowest BCUT2D eigenvalue weighted by atomic mass is 10.2. The third kappa shape index (κ3) is 2.92. The lowest BCUT2D eigenvalue weighted by Gasteiger charge is -2.32. The van der Waals surface area contributed by atoms with Crippen molar-refractivity contribution in [2.24, 2.45) is 0 Å². The Balaban J connectivity index is 2.41. The summed E-state index contributed by atoms with van der Waals surface area (Å²) in [5, 5.41) is 17.8. The van der Waals surface area contributed by atoms with Gasteiger partial charge in [0.25, 0.3) is 0 Å². The Morgan fingerprint density at radius 3 is 3.15 bits per heavy atom. The number of β-amino-alcohol motifs (C(OH)–C–C–N with tert-alkyl or cyclic N) is 1. The lowest BCUT2D eigenvalue weighted by Crippen LogP contribution is -2.48. The molecule has 1 N–H and O–H groups in total. The number of hydrogen-bond donors (Lipinski definition) is 1. The van der Waals surface area contributed by atoms with E-state index in [0.717, 1.165) is 0 Å². The molecular formula is C8H13FN2O2. The van der Waals surface area contributed by atoms with Crippen LogP contribution < -0.4 is 0 Å². The van der Waals surface area contributed by atoms with E-state index in [1.807, 2.05) is 0 Å². The van der Waals surface area contributed by atoms with Gasteiger partial charge in [-0.15, -0.1) is 0 Å². The van der Waals surface area contributed by atoms with Crippen molar-refractivity contribution in [1.29, 1.82) is 5.26 Å². The van der Waals surface area contributed by atoms with E-state index in [1.54, 1.807) is 4.90 Å². The maximum atomic E-state index is 12.0. The minimum atomic E-state index is -0.992. The fraction of sp³-hybridized carbons (Fsp3) is 0.875. The molecule has 1 aliphatic rings. The highest BCUT2D eigenvalue weighted by Gasteiger charge is 2.24. The van der Waals surface area contributed by atoms with Gasteiger partial charge in [0.2, 0.25) is 0 Å². The van der Waals surface area contributed by atoms with Crippen molar-refractivity contribution in [2.75, 3.05) is 33.0 Å². The quantitative estimate of drug-likeness (QED) is 0.651. The molecule has 1 heterocycles. The molecule has 0 bridgehead atoms. The van der Waals surface area contributed by atoms with Crippen LogP contribution in [0.15, 0.2) is 0 Å². The maximum absolute atomic E-state index is 12.0. The van der Waals surface area contributed by atoms with Crippen LogP contribution in [0.2, 0.25) is 0 Å². The van der Waals surface area contributed by atoms with Crippen LogP contribution in [-0.4, -0.2) is 55.1 Å². The molecule has 0 aromatic heterocycles.